The lowest BCUT2D eigenvalue weighted by atomic mass is 9.99. The van der Waals surface area contributed by atoms with Crippen LogP contribution in [0.5, 0.6) is 5.75 Å². The fourth-order valence-corrected chi connectivity index (χ4v) is 2.95. The van der Waals surface area contributed by atoms with Crippen LogP contribution in [0.25, 0.3) is 0 Å². The van der Waals surface area contributed by atoms with Gasteiger partial charge in [-0.25, -0.2) is 0 Å². The molecule has 0 aliphatic carbocycles. The molecule has 0 bridgehead atoms. The highest BCUT2D eigenvalue weighted by Crippen LogP contribution is 2.18. The molecule has 1 aliphatic rings. The van der Waals surface area contributed by atoms with E-state index in [0.29, 0.717) is 19.6 Å². The smallest absolute Gasteiger partial charge is 0.234 e. The molecule has 1 amide bonds. The number of hydrogen-bond donors (Lipinski definition) is 2. The third-order valence-corrected chi connectivity index (χ3v) is 4.37. The third-order valence-electron chi connectivity index (χ3n) is 4.37. The molecule has 0 radical (unpaired) electrons. The van der Waals surface area contributed by atoms with Crippen LogP contribution < -0.4 is 15.8 Å². The molecule has 24 heavy (non-hydrogen) atoms. The Labute approximate surface area is 150 Å². The summed E-state index contributed by atoms with van der Waals surface area (Å²) in [5, 5.41) is 2.96. The fourth-order valence-electron chi connectivity index (χ4n) is 2.95. The molecule has 0 spiro atoms. The van der Waals surface area contributed by atoms with E-state index in [2.05, 4.69) is 10.2 Å². The van der Waals surface area contributed by atoms with Crippen LogP contribution in [0.2, 0.25) is 0 Å². The van der Waals surface area contributed by atoms with Gasteiger partial charge in [0.1, 0.15) is 5.75 Å². The average molecular weight is 358 g/mol. The molecule has 1 aliphatic heterocycles. The minimum Gasteiger partial charge on any atom is -0.497 e. The van der Waals surface area contributed by atoms with Gasteiger partial charge in [-0.3, -0.25) is 9.69 Å². The highest BCUT2D eigenvalue weighted by atomic mass is 35.5. The van der Waals surface area contributed by atoms with E-state index in [-0.39, 0.29) is 30.5 Å². The molecule has 1 aromatic carbocycles. The Morgan fingerprint density at radius 2 is 2.21 bits per heavy atom. The number of carbonyl (C=O) groups excluding carboxylic acids is 1. The predicted molar refractivity (Wildman–Crippen MR) is 96.5 cm³/mol. The summed E-state index contributed by atoms with van der Waals surface area (Å²) in [5.74, 6) is 0.809. The summed E-state index contributed by atoms with van der Waals surface area (Å²) < 4.78 is 10.6. The van der Waals surface area contributed by atoms with Crippen molar-refractivity contribution in [3.8, 4) is 5.75 Å². The maximum absolute atomic E-state index is 12.2. The zero-order valence-corrected chi connectivity index (χ0v) is 15.2. The summed E-state index contributed by atoms with van der Waals surface area (Å²) in [6.07, 6.45) is 2.08. The van der Waals surface area contributed by atoms with Gasteiger partial charge in [0, 0.05) is 32.8 Å². The summed E-state index contributed by atoms with van der Waals surface area (Å²) in [5.41, 5.74) is 6.86. The number of piperidine rings is 1. The lowest BCUT2D eigenvalue weighted by Gasteiger charge is -2.37. The number of ether oxygens (including phenoxy) is 2. The number of nitrogens with one attached hydrogen (secondary N) is 1. The predicted octanol–water partition coefficient (Wildman–Crippen LogP) is 1.17. The molecule has 3 N–H and O–H groups in total. The zero-order chi connectivity index (χ0) is 16.7. The van der Waals surface area contributed by atoms with Gasteiger partial charge in [-0.15, -0.1) is 12.4 Å². The van der Waals surface area contributed by atoms with Crippen LogP contribution in [0.15, 0.2) is 24.3 Å². The number of rotatable bonds is 7. The lowest BCUT2D eigenvalue weighted by molar-refractivity contribution is -0.124. The Morgan fingerprint density at radius 1 is 1.42 bits per heavy atom. The normalized spacial score (nSPS) is 21.0. The van der Waals surface area contributed by atoms with Gasteiger partial charge in [0.15, 0.2) is 0 Å². The van der Waals surface area contributed by atoms with E-state index in [1.807, 2.05) is 24.3 Å². The van der Waals surface area contributed by atoms with Gasteiger partial charge in [0.25, 0.3) is 0 Å². The fraction of sp³-hybridized carbons (Fsp3) is 0.588. The number of likely N-dealkylation sites (tertiary alicyclic amines) is 1. The van der Waals surface area contributed by atoms with Crippen LogP contribution in [0, 0.1) is 0 Å². The van der Waals surface area contributed by atoms with Gasteiger partial charge in [0.05, 0.1) is 19.8 Å². The van der Waals surface area contributed by atoms with Crippen LogP contribution in [-0.2, 0) is 16.1 Å². The second kappa shape index (κ2) is 10.5. The number of benzene rings is 1. The summed E-state index contributed by atoms with van der Waals surface area (Å²) in [7, 11) is 3.36. The summed E-state index contributed by atoms with van der Waals surface area (Å²) in [6, 6.07) is 7.90. The highest BCUT2D eigenvalue weighted by Gasteiger charge is 2.28. The number of nitrogens with zero attached hydrogens (tertiary/aromatic N) is 1. The SMILES string of the molecule is COc1cccc(CNC(=O)CN2CCC(OC)CC2CN)c1.Cl. The van der Waals surface area contributed by atoms with Crippen LogP contribution in [0.3, 0.4) is 0 Å². The van der Waals surface area contributed by atoms with E-state index in [1.54, 1.807) is 14.2 Å². The van der Waals surface area contributed by atoms with Crippen molar-refractivity contribution in [3.05, 3.63) is 29.8 Å². The molecule has 2 atom stereocenters. The number of halogens is 1. The Hall–Kier alpha value is -1.34. The first kappa shape index (κ1) is 20.7. The molecule has 0 aromatic heterocycles. The van der Waals surface area contributed by atoms with Crippen molar-refractivity contribution in [1.82, 2.24) is 10.2 Å². The second-order valence-electron chi connectivity index (χ2n) is 5.87. The second-order valence-corrected chi connectivity index (χ2v) is 5.87. The van der Waals surface area contributed by atoms with Crippen molar-refractivity contribution >= 4 is 18.3 Å². The molecular weight excluding hydrogens is 330 g/mol. The van der Waals surface area contributed by atoms with Crippen molar-refractivity contribution in [1.29, 1.82) is 0 Å². The van der Waals surface area contributed by atoms with Crippen LogP contribution in [-0.4, -0.2) is 56.8 Å². The number of carbonyl (C=O) groups is 1. The minimum absolute atomic E-state index is 0. The molecule has 1 heterocycles. The van der Waals surface area contributed by atoms with E-state index in [9.17, 15) is 4.79 Å². The Morgan fingerprint density at radius 3 is 2.88 bits per heavy atom. The first-order valence-corrected chi connectivity index (χ1v) is 8.02. The van der Waals surface area contributed by atoms with Gasteiger partial charge in [-0.2, -0.15) is 0 Å². The molecule has 7 heteroatoms. The van der Waals surface area contributed by atoms with Gasteiger partial charge < -0.3 is 20.5 Å². The van der Waals surface area contributed by atoms with Crippen LogP contribution in [0.4, 0.5) is 0 Å². The number of amides is 1. The third kappa shape index (κ3) is 5.94. The van der Waals surface area contributed by atoms with Gasteiger partial charge >= 0.3 is 0 Å². The van der Waals surface area contributed by atoms with Gasteiger partial charge in [0.2, 0.25) is 5.91 Å². The van der Waals surface area contributed by atoms with Gasteiger partial charge in [-0.05, 0) is 30.5 Å². The summed E-state index contributed by atoms with van der Waals surface area (Å²) in [4.78, 5) is 14.3. The average Bonchev–Trinajstić information content (AvgIpc) is 2.60. The standard InChI is InChI=1S/C17H27N3O3.ClH/c1-22-15-5-3-4-13(8-15)11-19-17(21)12-20-7-6-16(23-2)9-14(20)10-18;/h3-5,8,14,16H,6-7,9-12,18H2,1-2H3,(H,19,21);1H. The Balaban J connectivity index is 0.00000288. The topological polar surface area (TPSA) is 76.8 Å². The molecule has 2 rings (SSSR count). The zero-order valence-electron chi connectivity index (χ0n) is 14.4. The van der Waals surface area contributed by atoms with Crippen molar-refractivity contribution < 1.29 is 14.3 Å². The minimum atomic E-state index is 0. The van der Waals surface area contributed by atoms with Crippen molar-refractivity contribution in [2.75, 3.05) is 33.9 Å². The molecular formula is C17H28ClN3O3. The monoisotopic (exact) mass is 357 g/mol. The summed E-state index contributed by atoms with van der Waals surface area (Å²) in [6.45, 7) is 2.26. The van der Waals surface area contributed by atoms with E-state index in [4.69, 9.17) is 15.2 Å². The maximum atomic E-state index is 12.2. The number of nitrogens with two attached hydrogens (primary N) is 1. The van der Waals surface area contributed by atoms with Gasteiger partial charge in [-0.1, -0.05) is 12.1 Å². The van der Waals surface area contributed by atoms with Crippen LogP contribution >= 0.6 is 12.4 Å². The number of hydrogen-bond acceptors (Lipinski definition) is 5. The molecule has 1 saturated heterocycles. The van der Waals surface area contributed by atoms with Crippen LogP contribution in [0.1, 0.15) is 18.4 Å². The quantitative estimate of drug-likeness (QED) is 0.766. The summed E-state index contributed by atoms with van der Waals surface area (Å²) >= 11 is 0. The van der Waals surface area contributed by atoms with E-state index >= 15 is 0 Å². The van der Waals surface area contributed by atoms with Crippen molar-refractivity contribution in [2.24, 2.45) is 5.73 Å². The Kier molecular flexibility index (Phi) is 9.07. The molecule has 1 aromatic rings. The van der Waals surface area contributed by atoms with Crippen molar-refractivity contribution in [2.45, 2.75) is 31.5 Å². The van der Waals surface area contributed by atoms with E-state index in [0.717, 1.165) is 30.7 Å². The number of methoxy groups -OCH3 is 2. The largest absolute Gasteiger partial charge is 0.497 e. The lowest BCUT2D eigenvalue weighted by Crippen LogP contribution is -2.51. The molecule has 0 saturated carbocycles. The molecule has 2 unspecified atom stereocenters. The first-order chi connectivity index (χ1) is 11.2. The first-order valence-electron chi connectivity index (χ1n) is 8.02. The van der Waals surface area contributed by atoms with Crippen molar-refractivity contribution in [3.63, 3.8) is 0 Å². The molecule has 136 valence electrons. The maximum Gasteiger partial charge on any atom is 0.234 e. The van der Waals surface area contributed by atoms with E-state index in [1.165, 1.54) is 0 Å². The molecule has 6 nitrogen and oxygen atoms in total. The highest BCUT2D eigenvalue weighted by molar-refractivity contribution is 5.85. The Bertz CT molecular complexity index is 516. The molecule has 1 fully saturated rings. The van der Waals surface area contributed by atoms with E-state index < -0.39 is 0 Å².